The molecule has 24 heavy (non-hydrogen) atoms. The Morgan fingerprint density at radius 1 is 1.12 bits per heavy atom. The molecule has 0 saturated heterocycles. The molecule has 2 aromatic rings. The maximum atomic E-state index is 12.2. The second-order valence-electron chi connectivity index (χ2n) is 6.36. The molecule has 0 aromatic heterocycles. The molecule has 0 bridgehead atoms. The fraction of sp³-hybridized carbons (Fsp3) is 0.278. The van der Waals surface area contributed by atoms with E-state index in [1.165, 1.54) is 11.0 Å². The van der Waals surface area contributed by atoms with E-state index in [0.29, 0.717) is 22.9 Å². The van der Waals surface area contributed by atoms with Crippen LogP contribution in [0, 0.1) is 0 Å². The first kappa shape index (κ1) is 17.5. The lowest BCUT2D eigenvalue weighted by Crippen LogP contribution is -2.34. The van der Waals surface area contributed by atoms with Crippen LogP contribution in [0.4, 0.5) is 16.2 Å². The summed E-state index contributed by atoms with van der Waals surface area (Å²) in [5, 5.41) is 9.49. The predicted octanol–water partition coefficient (Wildman–Crippen LogP) is 4.14. The molecule has 0 unspecified atom stereocenters. The smallest absolute Gasteiger partial charge is 0.414 e. The summed E-state index contributed by atoms with van der Waals surface area (Å²) in [6, 6.07) is 11.4. The van der Waals surface area contributed by atoms with Crippen molar-refractivity contribution in [2.24, 2.45) is 0 Å². The van der Waals surface area contributed by atoms with Gasteiger partial charge in [-0.2, -0.15) is 0 Å². The summed E-state index contributed by atoms with van der Waals surface area (Å²) >= 11 is 0. The van der Waals surface area contributed by atoms with Gasteiger partial charge in [-0.3, -0.25) is 4.90 Å². The van der Waals surface area contributed by atoms with Crippen molar-refractivity contribution in [3.8, 4) is 17.2 Å². The Morgan fingerprint density at radius 2 is 1.79 bits per heavy atom. The lowest BCUT2D eigenvalue weighted by atomic mass is 10.2. The maximum absolute atomic E-state index is 12.2. The number of ether oxygens (including phenoxy) is 2. The molecule has 2 aromatic carbocycles. The van der Waals surface area contributed by atoms with Crippen molar-refractivity contribution in [1.29, 1.82) is 0 Å². The first-order valence-electron chi connectivity index (χ1n) is 7.49. The van der Waals surface area contributed by atoms with Gasteiger partial charge in [0.05, 0.1) is 11.4 Å². The third-order valence-electron chi connectivity index (χ3n) is 3.08. The zero-order chi connectivity index (χ0) is 17.9. The Morgan fingerprint density at radius 3 is 2.42 bits per heavy atom. The summed E-state index contributed by atoms with van der Waals surface area (Å²) in [7, 11) is 1.58. The lowest BCUT2D eigenvalue weighted by Gasteiger charge is -2.25. The highest BCUT2D eigenvalue weighted by Crippen LogP contribution is 2.32. The highest BCUT2D eigenvalue weighted by Gasteiger charge is 2.22. The second-order valence-corrected chi connectivity index (χ2v) is 6.36. The van der Waals surface area contributed by atoms with Crippen molar-refractivity contribution in [3.63, 3.8) is 0 Å². The number of rotatable bonds is 3. The third kappa shape index (κ3) is 4.55. The zero-order valence-electron chi connectivity index (χ0n) is 14.2. The number of nitrogens with two attached hydrogens (primary N) is 1. The molecule has 0 atom stereocenters. The van der Waals surface area contributed by atoms with Crippen LogP contribution in [0.3, 0.4) is 0 Å². The molecule has 128 valence electrons. The van der Waals surface area contributed by atoms with E-state index in [0.717, 1.165) is 0 Å². The minimum atomic E-state index is -0.601. The van der Waals surface area contributed by atoms with E-state index >= 15 is 0 Å². The molecule has 0 aliphatic carbocycles. The number of anilines is 2. The molecule has 0 spiro atoms. The average molecular weight is 330 g/mol. The van der Waals surface area contributed by atoms with Gasteiger partial charge in [0.25, 0.3) is 0 Å². The monoisotopic (exact) mass is 330 g/mol. The Bertz CT molecular complexity index is 738. The van der Waals surface area contributed by atoms with Crippen molar-refractivity contribution in [3.05, 3.63) is 42.5 Å². The molecule has 1 amide bonds. The van der Waals surface area contributed by atoms with E-state index in [4.69, 9.17) is 15.2 Å². The highest BCUT2D eigenvalue weighted by molar-refractivity contribution is 5.91. The third-order valence-corrected chi connectivity index (χ3v) is 3.08. The van der Waals surface area contributed by atoms with E-state index in [2.05, 4.69) is 0 Å². The molecule has 0 heterocycles. The number of aromatic hydroxyl groups is 1. The van der Waals surface area contributed by atoms with Gasteiger partial charge >= 0.3 is 6.09 Å². The van der Waals surface area contributed by atoms with E-state index in [9.17, 15) is 9.90 Å². The zero-order valence-corrected chi connectivity index (χ0v) is 14.2. The average Bonchev–Trinajstić information content (AvgIpc) is 2.47. The molecular formula is C18H22N2O4. The number of benzene rings is 2. The van der Waals surface area contributed by atoms with Crippen molar-refractivity contribution < 1.29 is 19.4 Å². The molecule has 6 heteroatoms. The van der Waals surface area contributed by atoms with Crippen LogP contribution in [0.1, 0.15) is 20.8 Å². The summed E-state index contributed by atoms with van der Waals surface area (Å²) in [4.78, 5) is 13.5. The van der Waals surface area contributed by atoms with E-state index in [1.807, 2.05) is 0 Å². The van der Waals surface area contributed by atoms with Crippen LogP contribution >= 0.6 is 0 Å². The van der Waals surface area contributed by atoms with Crippen molar-refractivity contribution in [2.75, 3.05) is 17.7 Å². The Kier molecular flexibility index (Phi) is 4.87. The predicted molar refractivity (Wildman–Crippen MR) is 93.7 cm³/mol. The molecule has 0 aliphatic rings. The van der Waals surface area contributed by atoms with Crippen LogP contribution in [0.2, 0.25) is 0 Å². The lowest BCUT2D eigenvalue weighted by molar-refractivity contribution is 0.0589. The summed E-state index contributed by atoms with van der Waals surface area (Å²) in [6.07, 6.45) is -0.510. The molecule has 0 fully saturated rings. The van der Waals surface area contributed by atoms with E-state index in [1.54, 1.807) is 64.2 Å². The number of nitrogen functional groups attached to an aromatic ring is 1. The van der Waals surface area contributed by atoms with Gasteiger partial charge in [0, 0.05) is 19.2 Å². The first-order chi connectivity index (χ1) is 11.2. The summed E-state index contributed by atoms with van der Waals surface area (Å²) in [6.45, 7) is 5.39. The largest absolute Gasteiger partial charge is 0.508 e. The van der Waals surface area contributed by atoms with Crippen LogP contribution < -0.4 is 15.4 Å². The molecule has 2 rings (SSSR count). The van der Waals surface area contributed by atoms with Crippen LogP contribution in [0.15, 0.2) is 42.5 Å². The Hall–Kier alpha value is -2.89. The molecule has 0 radical (unpaired) electrons. The molecule has 0 saturated carbocycles. The number of phenols is 1. The fourth-order valence-electron chi connectivity index (χ4n) is 1.99. The van der Waals surface area contributed by atoms with Crippen molar-refractivity contribution in [2.45, 2.75) is 26.4 Å². The number of carbonyl (C=O) groups excluding carboxylic acids is 1. The minimum Gasteiger partial charge on any atom is -0.508 e. The van der Waals surface area contributed by atoms with Gasteiger partial charge in [-0.15, -0.1) is 0 Å². The number of nitrogens with zero attached hydrogens (tertiary/aromatic N) is 1. The second kappa shape index (κ2) is 6.70. The van der Waals surface area contributed by atoms with E-state index < -0.39 is 11.7 Å². The number of amides is 1. The quantitative estimate of drug-likeness (QED) is 0.826. The molecule has 0 aliphatic heterocycles. The standard InChI is InChI=1S/C18H22N2O4/c1-18(2,3)24-17(22)20(4)16-11-14(8-9-15(16)19)23-13-7-5-6-12(21)10-13/h5-11,21H,19H2,1-4H3. The Balaban J connectivity index is 2.23. The minimum absolute atomic E-state index is 0.106. The first-order valence-corrected chi connectivity index (χ1v) is 7.49. The van der Waals surface area contributed by atoms with E-state index in [-0.39, 0.29) is 5.75 Å². The van der Waals surface area contributed by atoms with Crippen LogP contribution in [0.25, 0.3) is 0 Å². The number of hydrogen-bond acceptors (Lipinski definition) is 5. The highest BCUT2D eigenvalue weighted by atomic mass is 16.6. The van der Waals surface area contributed by atoms with Crippen LogP contribution in [0.5, 0.6) is 17.2 Å². The topological polar surface area (TPSA) is 85.0 Å². The summed E-state index contributed by atoms with van der Waals surface area (Å²) in [5.41, 5.74) is 6.26. The van der Waals surface area contributed by atoms with Crippen LogP contribution in [-0.2, 0) is 4.74 Å². The molecule has 6 nitrogen and oxygen atoms in total. The molecule has 3 N–H and O–H groups in total. The van der Waals surface area contributed by atoms with Gasteiger partial charge in [-0.25, -0.2) is 4.79 Å². The summed E-state index contributed by atoms with van der Waals surface area (Å²) in [5.74, 6) is 1.07. The van der Waals surface area contributed by atoms with Gasteiger partial charge in [0.2, 0.25) is 0 Å². The van der Waals surface area contributed by atoms with Gasteiger partial charge in [0.1, 0.15) is 22.8 Å². The molecular weight excluding hydrogens is 308 g/mol. The SMILES string of the molecule is CN(C(=O)OC(C)(C)C)c1cc(Oc2cccc(O)c2)ccc1N. The number of phenolic OH excluding ortho intramolecular Hbond substituents is 1. The normalized spacial score (nSPS) is 11.0. The van der Waals surface area contributed by atoms with Crippen LogP contribution in [-0.4, -0.2) is 23.8 Å². The Labute approximate surface area is 141 Å². The van der Waals surface area contributed by atoms with Gasteiger partial charge in [0.15, 0.2) is 0 Å². The number of hydrogen-bond donors (Lipinski definition) is 2. The van der Waals surface area contributed by atoms with Crippen molar-refractivity contribution >= 4 is 17.5 Å². The number of carbonyl (C=O) groups is 1. The van der Waals surface area contributed by atoms with Crippen molar-refractivity contribution in [1.82, 2.24) is 0 Å². The maximum Gasteiger partial charge on any atom is 0.414 e. The van der Waals surface area contributed by atoms with Gasteiger partial charge in [-0.1, -0.05) is 6.07 Å². The van der Waals surface area contributed by atoms with Gasteiger partial charge < -0.3 is 20.3 Å². The fourth-order valence-corrected chi connectivity index (χ4v) is 1.99. The summed E-state index contributed by atoms with van der Waals surface area (Å²) < 4.78 is 11.0. The van der Waals surface area contributed by atoms with Gasteiger partial charge in [-0.05, 0) is 45.0 Å².